The third-order valence-electron chi connectivity index (χ3n) is 1.19. The second-order valence-electron chi connectivity index (χ2n) is 1.62. The van der Waals surface area contributed by atoms with Crippen LogP contribution in [0, 0.1) is 38.5 Å². The summed E-state index contributed by atoms with van der Waals surface area (Å²) in [6.45, 7) is 3.89. The Balaban J connectivity index is -0.0000000817. The minimum Gasteiger partial charge on any atom is -0.358 e. The molecule has 0 aliphatic rings. The molecule has 2 nitrogen and oxygen atoms in total. The van der Waals surface area contributed by atoms with Gasteiger partial charge in [-0.05, 0) is 13.8 Å². The summed E-state index contributed by atoms with van der Waals surface area (Å²) in [6, 6.07) is 0. The molecule has 4 heteroatoms. The zero-order chi connectivity index (χ0) is 6.57. The average molecular weight is 424 g/mol. The molecule has 0 fully saturated rings. The van der Waals surface area contributed by atoms with Crippen LogP contribution in [0.5, 0.6) is 0 Å². The first-order valence-corrected chi connectivity index (χ1v) is 2.59. The van der Waals surface area contributed by atoms with E-state index < -0.39 is 0 Å². The fourth-order valence-electron chi connectivity index (χ4n) is 0.324. The summed E-state index contributed by atoms with van der Waals surface area (Å²) in [6.07, 6.45) is 0. The Labute approximate surface area is 104 Å². The molecule has 0 aliphatic heterocycles. The molecular weight excluding hydrogens is 409 g/mol. The molecular formula is C7H15N2NiU-. The monoisotopic (exact) mass is 423 g/mol. The molecule has 68 valence electrons. The molecule has 0 saturated heterocycles. The van der Waals surface area contributed by atoms with Gasteiger partial charge in [0, 0.05) is 61.7 Å². The van der Waals surface area contributed by atoms with E-state index >= 15 is 0 Å². The van der Waals surface area contributed by atoms with Crippen molar-refractivity contribution in [3.8, 4) is 0 Å². The number of hydrogen-bond donors (Lipinski definition) is 0. The standard InChI is InChI=1S/C6H12N2.CH3.Ni.U/c1-5(7-3)6(2)8-4;;;/h1-4H3;1H3;;/q;-1;;. The van der Waals surface area contributed by atoms with Gasteiger partial charge < -0.3 is 7.43 Å². The first-order chi connectivity index (χ1) is 3.72. The first-order valence-electron chi connectivity index (χ1n) is 2.59. The molecule has 0 atom stereocenters. The molecule has 0 aromatic heterocycles. The van der Waals surface area contributed by atoms with Crippen LogP contribution in [-0.2, 0) is 16.5 Å². The van der Waals surface area contributed by atoms with Crippen LogP contribution in [0.25, 0.3) is 0 Å². The van der Waals surface area contributed by atoms with Crippen molar-refractivity contribution in [1.82, 2.24) is 0 Å². The minimum atomic E-state index is 0. The van der Waals surface area contributed by atoms with Crippen LogP contribution >= 0.6 is 0 Å². The van der Waals surface area contributed by atoms with Crippen molar-refractivity contribution < 1.29 is 47.6 Å². The van der Waals surface area contributed by atoms with Crippen LogP contribution in [0.1, 0.15) is 13.8 Å². The van der Waals surface area contributed by atoms with Gasteiger partial charge in [-0.3, -0.25) is 9.98 Å². The zero-order valence-corrected chi connectivity index (χ0v) is 12.9. The summed E-state index contributed by atoms with van der Waals surface area (Å²) < 4.78 is 0. The van der Waals surface area contributed by atoms with E-state index in [1.54, 1.807) is 14.1 Å². The van der Waals surface area contributed by atoms with Gasteiger partial charge in [0.1, 0.15) is 0 Å². The molecule has 0 N–H and O–H groups in total. The van der Waals surface area contributed by atoms with E-state index in [9.17, 15) is 0 Å². The molecule has 0 amide bonds. The molecule has 0 saturated carbocycles. The van der Waals surface area contributed by atoms with Gasteiger partial charge in [-0.2, -0.15) is 0 Å². The quantitative estimate of drug-likeness (QED) is 0.348. The number of nitrogens with zero attached hydrogens (tertiary/aromatic N) is 2. The van der Waals surface area contributed by atoms with E-state index in [0.29, 0.717) is 0 Å². The largest absolute Gasteiger partial charge is 0.358 e. The third-order valence-corrected chi connectivity index (χ3v) is 1.19. The summed E-state index contributed by atoms with van der Waals surface area (Å²) in [5.74, 6) is 0. The summed E-state index contributed by atoms with van der Waals surface area (Å²) in [7, 11) is 3.54. The van der Waals surface area contributed by atoms with Gasteiger partial charge in [0.25, 0.3) is 0 Å². The van der Waals surface area contributed by atoms with Crippen molar-refractivity contribution >= 4 is 11.4 Å². The summed E-state index contributed by atoms with van der Waals surface area (Å²) in [5.41, 5.74) is 2.01. The van der Waals surface area contributed by atoms with Crippen LogP contribution in [0.15, 0.2) is 9.98 Å². The van der Waals surface area contributed by atoms with Gasteiger partial charge in [0.15, 0.2) is 0 Å². The molecule has 0 spiro atoms. The van der Waals surface area contributed by atoms with E-state index in [0.717, 1.165) is 11.4 Å². The van der Waals surface area contributed by atoms with Crippen LogP contribution in [0.3, 0.4) is 0 Å². The molecule has 0 bridgehead atoms. The van der Waals surface area contributed by atoms with E-state index in [4.69, 9.17) is 0 Å². The molecule has 0 aromatic rings. The van der Waals surface area contributed by atoms with Gasteiger partial charge in [-0.25, -0.2) is 0 Å². The Morgan fingerprint density at radius 2 is 1.09 bits per heavy atom. The number of rotatable bonds is 1. The molecule has 0 aliphatic carbocycles. The number of hydrogen-bond acceptors (Lipinski definition) is 2. The van der Waals surface area contributed by atoms with Crippen LogP contribution < -0.4 is 0 Å². The van der Waals surface area contributed by atoms with Gasteiger partial charge in [0.05, 0.1) is 11.4 Å². The molecule has 0 heterocycles. The molecule has 0 unspecified atom stereocenters. The van der Waals surface area contributed by atoms with Crippen molar-refractivity contribution in [3.05, 3.63) is 7.43 Å². The van der Waals surface area contributed by atoms with E-state index in [1.165, 1.54) is 0 Å². The smallest absolute Gasteiger partial charge is 0.0520 e. The van der Waals surface area contributed by atoms with Gasteiger partial charge in [-0.15, -0.1) is 0 Å². The summed E-state index contributed by atoms with van der Waals surface area (Å²) in [5, 5.41) is 0. The van der Waals surface area contributed by atoms with Crippen LogP contribution in [0.2, 0.25) is 0 Å². The van der Waals surface area contributed by atoms with E-state index in [-0.39, 0.29) is 55.0 Å². The van der Waals surface area contributed by atoms with Gasteiger partial charge in [-0.1, -0.05) is 0 Å². The fraction of sp³-hybridized carbons (Fsp3) is 0.571. The van der Waals surface area contributed by atoms with Crippen LogP contribution in [-0.4, -0.2) is 25.5 Å². The second kappa shape index (κ2) is 13.5. The third kappa shape index (κ3) is 10.9. The van der Waals surface area contributed by atoms with E-state index in [1.807, 2.05) is 13.8 Å². The maximum atomic E-state index is 3.95. The Morgan fingerprint density at radius 3 is 1.18 bits per heavy atom. The predicted molar refractivity (Wildman–Crippen MR) is 44.5 cm³/mol. The Morgan fingerprint density at radius 1 is 0.909 bits per heavy atom. The summed E-state index contributed by atoms with van der Waals surface area (Å²) >= 11 is 0. The number of aliphatic imine (C=N–C) groups is 2. The second-order valence-corrected chi connectivity index (χ2v) is 1.62. The van der Waals surface area contributed by atoms with Gasteiger partial charge >= 0.3 is 0 Å². The predicted octanol–water partition coefficient (Wildman–Crippen LogP) is 1.62. The SMILES string of the molecule is CN=C(C)C(C)=NC.[CH3-].[Ni].[U]. The zero-order valence-electron chi connectivity index (χ0n) is 7.71. The van der Waals surface area contributed by atoms with E-state index in [2.05, 4.69) is 9.98 Å². The fourth-order valence-corrected chi connectivity index (χ4v) is 0.324. The van der Waals surface area contributed by atoms with Crippen molar-refractivity contribution in [2.45, 2.75) is 13.8 Å². The maximum Gasteiger partial charge on any atom is 0.0520 e. The Kier molecular flexibility index (Phi) is 27.7. The maximum absolute atomic E-state index is 3.95. The van der Waals surface area contributed by atoms with Crippen molar-refractivity contribution in [2.75, 3.05) is 14.1 Å². The van der Waals surface area contributed by atoms with Crippen LogP contribution in [0.4, 0.5) is 0 Å². The van der Waals surface area contributed by atoms with Crippen molar-refractivity contribution in [1.29, 1.82) is 0 Å². The minimum absolute atomic E-state index is 0. The molecule has 11 heavy (non-hydrogen) atoms. The molecule has 0 radical (unpaired) electrons. The van der Waals surface area contributed by atoms with Crippen molar-refractivity contribution in [2.24, 2.45) is 9.98 Å². The molecule has 0 aromatic carbocycles. The Hall–Kier alpha value is 0.885. The van der Waals surface area contributed by atoms with Gasteiger partial charge in [0.2, 0.25) is 0 Å². The normalized spacial score (nSPS) is 10.5. The topological polar surface area (TPSA) is 24.7 Å². The molecule has 0 rings (SSSR count). The Bertz CT molecular complexity index is 116. The van der Waals surface area contributed by atoms with Crippen molar-refractivity contribution in [3.63, 3.8) is 0 Å². The first kappa shape index (κ1) is 22.6. The summed E-state index contributed by atoms with van der Waals surface area (Å²) in [4.78, 5) is 7.89. The average Bonchev–Trinajstić information content (AvgIpc) is 1.84.